The third-order valence-corrected chi connectivity index (χ3v) is 3.74. The zero-order chi connectivity index (χ0) is 16.8. The molecule has 2 rings (SSSR count). The van der Waals surface area contributed by atoms with E-state index in [4.69, 9.17) is 4.74 Å². The summed E-state index contributed by atoms with van der Waals surface area (Å²) in [6, 6.07) is 10.1. The van der Waals surface area contributed by atoms with E-state index in [0.717, 1.165) is 17.8 Å². The smallest absolute Gasteiger partial charge is 0.271 e. The van der Waals surface area contributed by atoms with E-state index in [2.05, 4.69) is 36.4 Å². The minimum absolute atomic E-state index is 0.151. The number of hydrogen-bond acceptors (Lipinski definition) is 3. The van der Waals surface area contributed by atoms with E-state index >= 15 is 0 Å². The molecule has 5 heteroatoms. The van der Waals surface area contributed by atoms with Crippen molar-refractivity contribution < 1.29 is 9.53 Å². The summed E-state index contributed by atoms with van der Waals surface area (Å²) in [6.07, 6.45) is 0.790. The van der Waals surface area contributed by atoms with E-state index in [9.17, 15) is 4.79 Å². The number of ether oxygens (including phenoxy) is 1. The van der Waals surface area contributed by atoms with Crippen LogP contribution in [0.25, 0.3) is 5.69 Å². The van der Waals surface area contributed by atoms with Crippen LogP contribution in [0.4, 0.5) is 0 Å². The lowest BCUT2D eigenvalue weighted by Crippen LogP contribution is -2.25. The van der Waals surface area contributed by atoms with Crippen molar-refractivity contribution in [3.05, 3.63) is 47.3 Å². The van der Waals surface area contributed by atoms with Crippen molar-refractivity contribution in [1.29, 1.82) is 0 Å². The summed E-state index contributed by atoms with van der Waals surface area (Å²) >= 11 is 0. The summed E-state index contributed by atoms with van der Waals surface area (Å²) in [4.78, 5) is 12.1. The fourth-order valence-corrected chi connectivity index (χ4v) is 2.36. The Balaban J connectivity index is 2.09. The van der Waals surface area contributed by atoms with Crippen LogP contribution >= 0.6 is 0 Å². The molecule has 0 unspecified atom stereocenters. The molecule has 1 amide bonds. The molecule has 1 aromatic carbocycles. The monoisotopic (exact) mass is 315 g/mol. The highest BCUT2D eigenvalue weighted by atomic mass is 16.5. The van der Waals surface area contributed by atoms with Crippen LogP contribution in [0, 0.1) is 6.92 Å². The lowest BCUT2D eigenvalue weighted by atomic mass is 10.0. The predicted molar refractivity (Wildman–Crippen MR) is 91.2 cm³/mol. The first-order chi connectivity index (χ1) is 11.0. The highest BCUT2D eigenvalue weighted by molar-refractivity contribution is 5.92. The van der Waals surface area contributed by atoms with Crippen LogP contribution in [0.15, 0.2) is 30.3 Å². The molecule has 0 saturated carbocycles. The van der Waals surface area contributed by atoms with Crippen LogP contribution in [-0.2, 0) is 4.74 Å². The maximum Gasteiger partial charge on any atom is 0.271 e. The van der Waals surface area contributed by atoms with E-state index in [1.807, 2.05) is 25.1 Å². The maximum atomic E-state index is 12.1. The molecular weight excluding hydrogens is 290 g/mol. The molecule has 0 fully saturated rings. The molecule has 0 saturated heterocycles. The number of nitrogens with one attached hydrogen (secondary N) is 1. The summed E-state index contributed by atoms with van der Waals surface area (Å²) in [7, 11) is 1.65. The SMILES string of the molecule is COCCCNC(=O)c1cc(C)n(-c2ccc(C(C)C)cc2)n1. The van der Waals surface area contributed by atoms with Gasteiger partial charge in [-0.1, -0.05) is 26.0 Å². The summed E-state index contributed by atoms with van der Waals surface area (Å²) in [5, 5.41) is 7.28. The van der Waals surface area contributed by atoms with Gasteiger partial charge in [0.1, 0.15) is 0 Å². The van der Waals surface area contributed by atoms with E-state index in [1.165, 1.54) is 5.56 Å². The van der Waals surface area contributed by atoms with Crippen LogP contribution in [0.3, 0.4) is 0 Å². The van der Waals surface area contributed by atoms with Gasteiger partial charge >= 0.3 is 0 Å². The standard InChI is InChI=1S/C18H25N3O2/c1-13(2)15-6-8-16(9-7-15)21-14(3)12-17(20-21)18(22)19-10-5-11-23-4/h6-9,12-13H,5,10-11H2,1-4H3,(H,19,22). The molecule has 1 N–H and O–H groups in total. The summed E-state index contributed by atoms with van der Waals surface area (Å²) < 4.78 is 6.77. The largest absolute Gasteiger partial charge is 0.385 e. The maximum absolute atomic E-state index is 12.1. The van der Waals surface area contributed by atoms with Crippen LogP contribution in [0.2, 0.25) is 0 Å². The minimum atomic E-state index is -0.151. The zero-order valence-electron chi connectivity index (χ0n) is 14.3. The summed E-state index contributed by atoms with van der Waals surface area (Å²) in [5.74, 6) is 0.345. The molecular formula is C18H25N3O2. The van der Waals surface area contributed by atoms with Gasteiger partial charge in [0.25, 0.3) is 5.91 Å². The van der Waals surface area contributed by atoms with Crippen molar-refractivity contribution in [2.45, 2.75) is 33.1 Å². The van der Waals surface area contributed by atoms with Crippen molar-refractivity contribution >= 4 is 5.91 Å². The third kappa shape index (κ3) is 4.42. The van der Waals surface area contributed by atoms with Gasteiger partial charge in [-0.3, -0.25) is 4.79 Å². The fourth-order valence-electron chi connectivity index (χ4n) is 2.36. The van der Waals surface area contributed by atoms with Crippen LogP contribution < -0.4 is 5.32 Å². The zero-order valence-corrected chi connectivity index (χ0v) is 14.3. The molecule has 1 aromatic heterocycles. The van der Waals surface area contributed by atoms with Crippen molar-refractivity contribution in [3.63, 3.8) is 0 Å². The number of amides is 1. The first kappa shape index (κ1) is 17.2. The van der Waals surface area contributed by atoms with Crippen LogP contribution in [0.5, 0.6) is 0 Å². The van der Waals surface area contributed by atoms with Crippen LogP contribution in [0.1, 0.15) is 47.9 Å². The van der Waals surface area contributed by atoms with Gasteiger partial charge in [-0.15, -0.1) is 0 Å². The van der Waals surface area contributed by atoms with Gasteiger partial charge in [0.05, 0.1) is 5.69 Å². The van der Waals surface area contributed by atoms with Crippen LogP contribution in [-0.4, -0.2) is 35.9 Å². The van der Waals surface area contributed by atoms with Gasteiger partial charge in [0.2, 0.25) is 0 Å². The first-order valence-electron chi connectivity index (χ1n) is 7.97. The van der Waals surface area contributed by atoms with Crippen molar-refractivity contribution in [3.8, 4) is 5.69 Å². The molecule has 0 spiro atoms. The molecule has 2 aromatic rings. The molecule has 0 aliphatic heterocycles. The topological polar surface area (TPSA) is 56.1 Å². The normalized spacial score (nSPS) is 11.0. The lowest BCUT2D eigenvalue weighted by Gasteiger charge is -2.08. The Morgan fingerprint density at radius 3 is 2.61 bits per heavy atom. The number of aryl methyl sites for hydroxylation is 1. The van der Waals surface area contributed by atoms with Crippen molar-refractivity contribution in [1.82, 2.24) is 15.1 Å². The average Bonchev–Trinajstić information content (AvgIpc) is 2.93. The number of rotatable bonds is 7. The summed E-state index contributed by atoms with van der Waals surface area (Å²) in [6.45, 7) is 7.50. The third-order valence-electron chi connectivity index (χ3n) is 3.74. The number of carbonyl (C=O) groups is 1. The first-order valence-corrected chi connectivity index (χ1v) is 7.97. The lowest BCUT2D eigenvalue weighted by molar-refractivity contribution is 0.0943. The second-order valence-electron chi connectivity index (χ2n) is 5.93. The van der Waals surface area contributed by atoms with Crippen molar-refractivity contribution in [2.75, 3.05) is 20.3 Å². The van der Waals surface area contributed by atoms with E-state index in [1.54, 1.807) is 11.8 Å². The molecule has 1 heterocycles. The van der Waals surface area contributed by atoms with E-state index in [0.29, 0.717) is 24.8 Å². The Kier molecular flexibility index (Phi) is 5.93. The molecule has 0 bridgehead atoms. The Morgan fingerprint density at radius 1 is 1.30 bits per heavy atom. The number of carbonyl (C=O) groups excluding carboxylic acids is 1. The van der Waals surface area contributed by atoms with E-state index in [-0.39, 0.29) is 5.91 Å². The van der Waals surface area contributed by atoms with Gasteiger partial charge in [-0.25, -0.2) is 4.68 Å². The highest BCUT2D eigenvalue weighted by Gasteiger charge is 2.13. The van der Waals surface area contributed by atoms with Gasteiger partial charge < -0.3 is 10.1 Å². The van der Waals surface area contributed by atoms with Gasteiger partial charge in [0, 0.05) is 26.0 Å². The average molecular weight is 315 g/mol. The van der Waals surface area contributed by atoms with E-state index < -0.39 is 0 Å². The minimum Gasteiger partial charge on any atom is -0.385 e. The Labute approximate surface area is 137 Å². The Hall–Kier alpha value is -2.14. The molecule has 124 valence electrons. The number of aromatic nitrogens is 2. The highest BCUT2D eigenvalue weighted by Crippen LogP contribution is 2.18. The molecule has 0 atom stereocenters. The number of methoxy groups -OCH3 is 1. The van der Waals surface area contributed by atoms with Gasteiger partial charge in [-0.2, -0.15) is 5.10 Å². The van der Waals surface area contributed by atoms with Gasteiger partial charge in [-0.05, 0) is 43.0 Å². The molecule has 0 radical (unpaired) electrons. The second-order valence-corrected chi connectivity index (χ2v) is 5.93. The summed E-state index contributed by atoms with van der Waals surface area (Å²) in [5.41, 5.74) is 3.62. The van der Waals surface area contributed by atoms with Gasteiger partial charge in [0.15, 0.2) is 5.69 Å². The number of benzene rings is 1. The predicted octanol–water partition coefficient (Wildman–Crippen LogP) is 3.07. The molecule has 5 nitrogen and oxygen atoms in total. The molecule has 0 aliphatic carbocycles. The Bertz CT molecular complexity index is 645. The van der Waals surface area contributed by atoms with Crippen molar-refractivity contribution in [2.24, 2.45) is 0 Å². The number of nitrogens with zero attached hydrogens (tertiary/aromatic N) is 2. The molecule has 23 heavy (non-hydrogen) atoms. The molecule has 0 aliphatic rings. The number of hydrogen-bond donors (Lipinski definition) is 1. The Morgan fingerprint density at radius 2 is 2.00 bits per heavy atom. The fraction of sp³-hybridized carbons (Fsp3) is 0.444. The quantitative estimate of drug-likeness (QED) is 0.799. The second kappa shape index (κ2) is 7.92.